The van der Waals surface area contributed by atoms with Crippen LogP contribution in [0.2, 0.25) is 0 Å². The van der Waals surface area contributed by atoms with Crippen LogP contribution in [0.15, 0.2) is 48.7 Å². The zero-order chi connectivity index (χ0) is 18.7. The van der Waals surface area contributed by atoms with E-state index < -0.39 is 5.91 Å². The third-order valence-corrected chi connectivity index (χ3v) is 4.22. The smallest absolute Gasteiger partial charge is 0.250 e. The summed E-state index contributed by atoms with van der Waals surface area (Å²) in [7, 11) is 0. The molecule has 1 amide bonds. The number of aliphatic hydroxyl groups is 1. The number of fused-ring (bicyclic) bond motifs is 1. The highest BCUT2D eigenvalue weighted by molar-refractivity contribution is 6.08. The minimum atomic E-state index is -0.591. The molecule has 6 nitrogen and oxygen atoms in total. The van der Waals surface area contributed by atoms with Crippen LogP contribution in [0.25, 0.3) is 10.9 Å². The summed E-state index contributed by atoms with van der Waals surface area (Å²) in [4.78, 5) is 15.9. The maximum absolute atomic E-state index is 13.6. The molecule has 0 unspecified atom stereocenters. The van der Waals surface area contributed by atoms with Crippen molar-refractivity contribution in [3.05, 3.63) is 71.2 Å². The van der Waals surface area contributed by atoms with Gasteiger partial charge in [0, 0.05) is 23.7 Å². The van der Waals surface area contributed by atoms with Gasteiger partial charge in [0.25, 0.3) is 5.91 Å². The van der Waals surface area contributed by atoms with Gasteiger partial charge in [-0.3, -0.25) is 9.78 Å². The summed E-state index contributed by atoms with van der Waals surface area (Å²) >= 11 is 0. The summed E-state index contributed by atoms with van der Waals surface area (Å²) in [5.74, 6) is -0.952. The van der Waals surface area contributed by atoms with E-state index in [0.717, 1.165) is 0 Å². The lowest BCUT2D eigenvalue weighted by Crippen LogP contribution is -2.22. The monoisotopic (exact) mass is 354 g/mol. The molecule has 0 bridgehead atoms. The lowest BCUT2D eigenvalue weighted by atomic mass is 10.0. The minimum absolute atomic E-state index is 0.202. The average molecular weight is 354 g/mol. The van der Waals surface area contributed by atoms with Crippen LogP contribution in [0.3, 0.4) is 0 Å². The van der Waals surface area contributed by atoms with Crippen LogP contribution < -0.4 is 16.8 Å². The second-order valence-corrected chi connectivity index (χ2v) is 5.87. The van der Waals surface area contributed by atoms with Gasteiger partial charge in [-0.05, 0) is 23.8 Å². The van der Waals surface area contributed by atoms with E-state index in [1.807, 2.05) is 0 Å². The third kappa shape index (κ3) is 3.35. The van der Waals surface area contributed by atoms with Gasteiger partial charge in [0.15, 0.2) is 0 Å². The summed E-state index contributed by atoms with van der Waals surface area (Å²) in [6.45, 7) is -0.0554. The topological polar surface area (TPSA) is 114 Å². The molecule has 0 aliphatic rings. The quantitative estimate of drug-likeness (QED) is 0.541. The number of carbonyl (C=O) groups is 1. The van der Waals surface area contributed by atoms with Crippen LogP contribution in [-0.4, -0.2) is 22.5 Å². The Morgan fingerprint density at radius 2 is 2.04 bits per heavy atom. The SMILES string of the molecule is NC[C@@H](Nc1c(CO)cnc2c(C(N)=O)cccc12)c1cccc(F)c1. The summed E-state index contributed by atoms with van der Waals surface area (Å²) in [5, 5.41) is 13.6. The number of hydrogen-bond donors (Lipinski definition) is 4. The van der Waals surface area contributed by atoms with Crippen LogP contribution in [0, 0.1) is 5.82 Å². The summed E-state index contributed by atoms with van der Waals surface area (Å²) in [5.41, 5.74) is 13.8. The van der Waals surface area contributed by atoms with Crippen molar-refractivity contribution in [3.8, 4) is 0 Å². The normalized spacial score (nSPS) is 12.1. The van der Waals surface area contributed by atoms with E-state index in [1.54, 1.807) is 30.3 Å². The lowest BCUT2D eigenvalue weighted by molar-refractivity contribution is 0.100. The Morgan fingerprint density at radius 1 is 1.27 bits per heavy atom. The zero-order valence-corrected chi connectivity index (χ0v) is 13.9. The summed E-state index contributed by atoms with van der Waals surface area (Å²) in [6, 6.07) is 10.8. The van der Waals surface area contributed by atoms with Crippen molar-refractivity contribution in [2.45, 2.75) is 12.6 Å². The highest BCUT2D eigenvalue weighted by atomic mass is 19.1. The molecule has 0 saturated heterocycles. The molecular formula is C19H19FN4O2. The molecule has 6 N–H and O–H groups in total. The van der Waals surface area contributed by atoms with Crippen molar-refractivity contribution in [2.24, 2.45) is 11.5 Å². The molecular weight excluding hydrogens is 335 g/mol. The Labute approximate surface area is 149 Å². The molecule has 26 heavy (non-hydrogen) atoms. The van der Waals surface area contributed by atoms with E-state index in [1.165, 1.54) is 18.3 Å². The fraction of sp³-hybridized carbons (Fsp3) is 0.158. The molecule has 2 aromatic carbocycles. The van der Waals surface area contributed by atoms with Crippen LogP contribution in [0.4, 0.5) is 10.1 Å². The Hall–Kier alpha value is -3.03. The molecule has 0 radical (unpaired) electrons. The molecule has 7 heteroatoms. The number of nitrogens with one attached hydrogen (secondary N) is 1. The standard InChI is InChI=1S/C19H19FN4O2/c20-13-4-1-3-11(7-13)16(8-21)24-17-12(10-25)9-23-18-14(17)5-2-6-15(18)19(22)26/h1-7,9,16,25H,8,10,21H2,(H2,22,26)(H,23,24)/t16-/m1/s1. The van der Waals surface area contributed by atoms with Crippen molar-refractivity contribution in [2.75, 3.05) is 11.9 Å². The van der Waals surface area contributed by atoms with Gasteiger partial charge in [-0.2, -0.15) is 0 Å². The highest BCUT2D eigenvalue weighted by Crippen LogP contribution is 2.31. The number of halogens is 1. The third-order valence-electron chi connectivity index (χ3n) is 4.22. The number of primary amides is 1. The Morgan fingerprint density at radius 3 is 2.69 bits per heavy atom. The Kier molecular flexibility index (Phi) is 5.11. The number of aromatic nitrogens is 1. The average Bonchev–Trinajstić information content (AvgIpc) is 2.65. The number of rotatable bonds is 6. The molecule has 0 spiro atoms. The molecule has 0 saturated carbocycles. The lowest BCUT2D eigenvalue weighted by Gasteiger charge is -2.22. The Bertz CT molecular complexity index is 961. The van der Waals surface area contributed by atoms with Gasteiger partial charge in [0.2, 0.25) is 0 Å². The predicted molar refractivity (Wildman–Crippen MR) is 98.0 cm³/mol. The molecule has 0 aliphatic heterocycles. The molecule has 1 heterocycles. The first-order chi connectivity index (χ1) is 12.5. The van der Waals surface area contributed by atoms with E-state index in [0.29, 0.717) is 27.7 Å². The van der Waals surface area contributed by atoms with Crippen molar-refractivity contribution >= 4 is 22.5 Å². The van der Waals surface area contributed by atoms with Crippen LogP contribution in [-0.2, 0) is 6.61 Å². The first kappa shape index (κ1) is 17.8. The number of benzene rings is 2. The number of carbonyl (C=O) groups excluding carboxylic acids is 1. The summed E-state index contributed by atoms with van der Waals surface area (Å²) in [6.07, 6.45) is 1.48. The summed E-state index contributed by atoms with van der Waals surface area (Å²) < 4.78 is 13.6. The van der Waals surface area contributed by atoms with Crippen molar-refractivity contribution in [3.63, 3.8) is 0 Å². The number of anilines is 1. The van der Waals surface area contributed by atoms with Crippen molar-refractivity contribution in [1.29, 1.82) is 0 Å². The number of para-hydroxylation sites is 1. The molecule has 0 aliphatic carbocycles. The Balaban J connectivity index is 2.13. The van der Waals surface area contributed by atoms with E-state index in [4.69, 9.17) is 11.5 Å². The van der Waals surface area contributed by atoms with Gasteiger partial charge < -0.3 is 21.9 Å². The molecule has 1 atom stereocenters. The van der Waals surface area contributed by atoms with Gasteiger partial charge in [0.1, 0.15) is 5.82 Å². The first-order valence-corrected chi connectivity index (χ1v) is 8.08. The van der Waals surface area contributed by atoms with Gasteiger partial charge >= 0.3 is 0 Å². The maximum atomic E-state index is 13.6. The maximum Gasteiger partial charge on any atom is 0.250 e. The second kappa shape index (κ2) is 7.47. The largest absolute Gasteiger partial charge is 0.392 e. The molecule has 0 fully saturated rings. The van der Waals surface area contributed by atoms with Crippen LogP contribution in [0.5, 0.6) is 0 Å². The first-order valence-electron chi connectivity index (χ1n) is 8.08. The number of aliphatic hydroxyl groups excluding tert-OH is 1. The number of pyridine rings is 1. The van der Waals surface area contributed by atoms with E-state index >= 15 is 0 Å². The van der Waals surface area contributed by atoms with Gasteiger partial charge in [-0.1, -0.05) is 24.3 Å². The van der Waals surface area contributed by atoms with Gasteiger partial charge in [0.05, 0.1) is 29.4 Å². The van der Waals surface area contributed by atoms with E-state index in [9.17, 15) is 14.3 Å². The number of nitrogens with two attached hydrogens (primary N) is 2. The molecule has 134 valence electrons. The number of nitrogens with zero attached hydrogens (tertiary/aromatic N) is 1. The van der Waals surface area contributed by atoms with E-state index in [-0.39, 0.29) is 30.6 Å². The molecule has 3 rings (SSSR count). The van der Waals surface area contributed by atoms with E-state index in [2.05, 4.69) is 10.3 Å². The number of hydrogen-bond acceptors (Lipinski definition) is 5. The predicted octanol–water partition coefficient (Wildman–Crippen LogP) is 2.08. The highest BCUT2D eigenvalue weighted by Gasteiger charge is 2.17. The van der Waals surface area contributed by atoms with Crippen molar-refractivity contribution < 1.29 is 14.3 Å². The van der Waals surface area contributed by atoms with Gasteiger partial charge in [-0.25, -0.2) is 4.39 Å². The van der Waals surface area contributed by atoms with Crippen molar-refractivity contribution in [1.82, 2.24) is 4.98 Å². The van der Waals surface area contributed by atoms with Crippen LogP contribution >= 0.6 is 0 Å². The minimum Gasteiger partial charge on any atom is -0.392 e. The fourth-order valence-corrected chi connectivity index (χ4v) is 2.93. The second-order valence-electron chi connectivity index (χ2n) is 5.87. The molecule has 1 aromatic heterocycles. The fourth-order valence-electron chi connectivity index (χ4n) is 2.93. The number of amides is 1. The zero-order valence-electron chi connectivity index (χ0n) is 13.9. The molecule has 3 aromatic rings. The van der Waals surface area contributed by atoms with Crippen LogP contribution in [0.1, 0.15) is 27.5 Å². The van der Waals surface area contributed by atoms with Gasteiger partial charge in [-0.15, -0.1) is 0 Å².